The first-order valence-electron chi connectivity index (χ1n) is 15.0. The molecule has 7 rings (SSSR count). The summed E-state index contributed by atoms with van der Waals surface area (Å²) in [5.74, 6) is 0. The van der Waals surface area contributed by atoms with Gasteiger partial charge in [-0.1, -0.05) is 170 Å². The van der Waals surface area contributed by atoms with Gasteiger partial charge in [-0.25, -0.2) is 8.42 Å². The van der Waals surface area contributed by atoms with Crippen molar-refractivity contribution in [3.63, 3.8) is 0 Å². The monoisotopic (exact) mass is 601 g/mol. The highest BCUT2D eigenvalue weighted by atomic mass is 32.2. The molecule has 0 aromatic heterocycles. The Morgan fingerprint density at radius 3 is 1.27 bits per heavy atom. The summed E-state index contributed by atoms with van der Waals surface area (Å²) in [7, 11) is -4.10. The molecule has 0 bridgehead atoms. The van der Waals surface area contributed by atoms with Gasteiger partial charge in [0.15, 0.2) is 0 Å². The fourth-order valence-corrected chi connectivity index (χ4v) is 7.90. The predicted molar refractivity (Wildman–Crippen MR) is 184 cm³/mol. The molecule has 218 valence electrons. The van der Waals surface area contributed by atoms with Crippen LogP contribution in [0.1, 0.15) is 33.9 Å². The molecule has 0 saturated heterocycles. The highest BCUT2D eigenvalue weighted by Gasteiger charge is 2.44. The lowest BCUT2D eigenvalue weighted by Gasteiger charge is -2.43. The van der Waals surface area contributed by atoms with Gasteiger partial charge in [0.05, 0.1) is 16.6 Å². The topological polar surface area (TPSA) is 37.4 Å². The van der Waals surface area contributed by atoms with Crippen LogP contribution in [-0.2, 0) is 10.0 Å². The molecule has 0 spiro atoms. The Hall–Kier alpha value is -5.45. The maximum absolute atomic E-state index is 15.2. The van der Waals surface area contributed by atoms with Gasteiger partial charge in [-0.3, -0.25) is 4.31 Å². The highest BCUT2D eigenvalue weighted by Crippen LogP contribution is 2.56. The zero-order valence-corrected chi connectivity index (χ0v) is 25.4. The number of allylic oxidation sites excluding steroid dienone is 2. The van der Waals surface area contributed by atoms with Crippen LogP contribution in [0.4, 0.5) is 0 Å². The van der Waals surface area contributed by atoms with Crippen LogP contribution in [0.2, 0.25) is 0 Å². The summed E-state index contributed by atoms with van der Waals surface area (Å²) >= 11 is 0. The van der Waals surface area contributed by atoms with Crippen molar-refractivity contribution in [3.8, 4) is 0 Å². The SMILES string of the molecule is O=S(=O)(c1ccccc1)N1C(c2ccccc2)=C(c2ccccc2)C(c2ccccc2)=C(c2ccccc2)C1c1ccccc1. The molecule has 45 heavy (non-hydrogen) atoms. The van der Waals surface area contributed by atoms with E-state index in [9.17, 15) is 0 Å². The first-order valence-corrected chi connectivity index (χ1v) is 16.4. The lowest BCUT2D eigenvalue weighted by molar-refractivity contribution is 0.478. The van der Waals surface area contributed by atoms with Crippen molar-refractivity contribution in [1.82, 2.24) is 4.31 Å². The summed E-state index contributed by atoms with van der Waals surface area (Å²) in [6, 6.07) is 58.6. The number of hydrogen-bond donors (Lipinski definition) is 0. The van der Waals surface area contributed by atoms with E-state index < -0.39 is 16.1 Å². The fraction of sp³-hybridized carbons (Fsp3) is 0.0244. The van der Waals surface area contributed by atoms with Gasteiger partial charge < -0.3 is 0 Å². The molecular formula is C41H31NO2S. The van der Waals surface area contributed by atoms with Gasteiger partial charge in [0, 0.05) is 5.57 Å². The minimum Gasteiger partial charge on any atom is -0.253 e. The molecule has 6 aromatic rings. The highest BCUT2D eigenvalue weighted by molar-refractivity contribution is 7.89. The van der Waals surface area contributed by atoms with Gasteiger partial charge in [-0.15, -0.1) is 0 Å². The third-order valence-corrected chi connectivity index (χ3v) is 9.94. The maximum Gasteiger partial charge on any atom is 0.265 e. The predicted octanol–water partition coefficient (Wildman–Crippen LogP) is 9.61. The maximum atomic E-state index is 15.2. The summed E-state index contributed by atoms with van der Waals surface area (Å²) in [5.41, 5.74) is 8.02. The van der Waals surface area contributed by atoms with Crippen LogP contribution in [0, 0.1) is 0 Å². The van der Waals surface area contributed by atoms with Crippen molar-refractivity contribution < 1.29 is 8.42 Å². The minimum atomic E-state index is -4.10. The molecule has 0 saturated carbocycles. The van der Waals surface area contributed by atoms with Crippen LogP contribution in [0.5, 0.6) is 0 Å². The Morgan fingerprint density at radius 2 is 0.778 bits per heavy atom. The van der Waals surface area contributed by atoms with Crippen molar-refractivity contribution in [3.05, 3.63) is 210 Å². The summed E-state index contributed by atoms with van der Waals surface area (Å²) in [6.07, 6.45) is 0. The van der Waals surface area contributed by atoms with Crippen LogP contribution >= 0.6 is 0 Å². The average molecular weight is 602 g/mol. The lowest BCUT2D eigenvalue weighted by Crippen LogP contribution is -2.37. The third kappa shape index (κ3) is 5.30. The van der Waals surface area contributed by atoms with E-state index in [0.29, 0.717) is 5.70 Å². The Bertz CT molecular complexity index is 2080. The molecule has 1 aliphatic rings. The number of sulfonamides is 1. The normalized spacial score (nSPS) is 15.3. The van der Waals surface area contributed by atoms with Gasteiger partial charge in [-0.2, -0.15) is 0 Å². The van der Waals surface area contributed by atoms with E-state index >= 15 is 8.42 Å². The van der Waals surface area contributed by atoms with Crippen LogP contribution in [0.3, 0.4) is 0 Å². The molecule has 0 fully saturated rings. The minimum absolute atomic E-state index is 0.238. The molecular weight excluding hydrogens is 571 g/mol. The number of nitrogens with zero attached hydrogens (tertiary/aromatic N) is 1. The van der Waals surface area contributed by atoms with E-state index in [4.69, 9.17) is 0 Å². The van der Waals surface area contributed by atoms with E-state index in [-0.39, 0.29) is 4.90 Å². The summed E-state index contributed by atoms with van der Waals surface area (Å²) in [4.78, 5) is 0.238. The van der Waals surface area contributed by atoms with Crippen molar-refractivity contribution in [2.75, 3.05) is 0 Å². The second-order valence-electron chi connectivity index (χ2n) is 10.9. The van der Waals surface area contributed by atoms with Crippen LogP contribution in [-0.4, -0.2) is 12.7 Å². The van der Waals surface area contributed by atoms with Gasteiger partial charge >= 0.3 is 0 Å². The number of benzene rings is 6. The summed E-state index contributed by atoms with van der Waals surface area (Å²) < 4.78 is 32.1. The third-order valence-electron chi connectivity index (χ3n) is 8.16. The molecule has 0 radical (unpaired) electrons. The number of rotatable bonds is 7. The van der Waals surface area contributed by atoms with E-state index in [1.165, 1.54) is 0 Å². The molecule has 0 N–H and O–H groups in total. The molecule has 1 unspecified atom stereocenters. The molecule has 1 atom stereocenters. The van der Waals surface area contributed by atoms with E-state index in [0.717, 1.165) is 44.5 Å². The summed E-state index contributed by atoms with van der Waals surface area (Å²) in [6.45, 7) is 0. The Kier molecular flexibility index (Phi) is 7.73. The van der Waals surface area contributed by atoms with Crippen molar-refractivity contribution in [1.29, 1.82) is 0 Å². The Morgan fingerprint density at radius 1 is 0.400 bits per heavy atom. The first kappa shape index (κ1) is 28.3. The smallest absolute Gasteiger partial charge is 0.253 e. The van der Waals surface area contributed by atoms with Crippen molar-refractivity contribution in [2.24, 2.45) is 0 Å². The molecule has 4 heteroatoms. The van der Waals surface area contributed by atoms with Crippen LogP contribution in [0.15, 0.2) is 187 Å². The second kappa shape index (κ2) is 12.3. The summed E-state index contributed by atoms with van der Waals surface area (Å²) in [5, 5.41) is 0. The number of hydrogen-bond acceptors (Lipinski definition) is 2. The fourth-order valence-electron chi connectivity index (χ4n) is 6.23. The van der Waals surface area contributed by atoms with Gasteiger partial charge in [0.2, 0.25) is 0 Å². The molecule has 6 aromatic carbocycles. The molecule has 1 heterocycles. The Labute approximate surface area is 265 Å². The zero-order valence-electron chi connectivity index (χ0n) is 24.6. The van der Waals surface area contributed by atoms with Crippen molar-refractivity contribution in [2.45, 2.75) is 10.9 Å². The molecule has 0 aliphatic carbocycles. The first-order chi connectivity index (χ1) is 22.1. The van der Waals surface area contributed by atoms with E-state index in [1.54, 1.807) is 28.6 Å². The average Bonchev–Trinajstić information content (AvgIpc) is 3.12. The zero-order chi connectivity index (χ0) is 30.6. The molecule has 0 amide bonds. The van der Waals surface area contributed by atoms with E-state index in [2.05, 4.69) is 36.4 Å². The van der Waals surface area contributed by atoms with Gasteiger partial charge in [0.1, 0.15) is 0 Å². The van der Waals surface area contributed by atoms with E-state index in [1.807, 2.05) is 121 Å². The standard InChI is InChI=1S/C41H31NO2S/c43-45(44,36-29-17-6-18-30-36)42-40(34-25-13-4-14-26-34)38(32-21-9-2-10-22-32)37(31-19-7-1-8-20-31)39(33-23-11-3-12-24-33)41(42)35-27-15-5-16-28-35/h1-30,40H. The van der Waals surface area contributed by atoms with Gasteiger partial charge in [-0.05, 0) is 51.1 Å². The second-order valence-corrected chi connectivity index (χ2v) is 12.7. The van der Waals surface area contributed by atoms with Gasteiger partial charge in [0.25, 0.3) is 10.0 Å². The quantitative estimate of drug-likeness (QED) is 0.183. The van der Waals surface area contributed by atoms with Crippen LogP contribution in [0.25, 0.3) is 22.4 Å². The lowest BCUT2D eigenvalue weighted by atomic mass is 9.77. The largest absolute Gasteiger partial charge is 0.265 e. The molecule has 1 aliphatic heterocycles. The van der Waals surface area contributed by atoms with Crippen molar-refractivity contribution >= 4 is 32.4 Å². The molecule has 3 nitrogen and oxygen atoms in total. The Balaban J connectivity index is 1.73. The van der Waals surface area contributed by atoms with Crippen LogP contribution < -0.4 is 0 Å².